The maximum absolute atomic E-state index is 11.8. The van der Waals surface area contributed by atoms with Crippen molar-refractivity contribution in [1.29, 1.82) is 0 Å². The molecule has 4 heteroatoms. The van der Waals surface area contributed by atoms with Gasteiger partial charge in [-0.25, -0.2) is 0 Å². The highest BCUT2D eigenvalue weighted by Gasteiger charge is 2.14. The summed E-state index contributed by atoms with van der Waals surface area (Å²) in [5.41, 5.74) is 8.77. The number of hydrogen-bond acceptors (Lipinski definition) is 3. The van der Waals surface area contributed by atoms with E-state index >= 15 is 0 Å². The largest absolute Gasteiger partial charge is 0.349 e. The van der Waals surface area contributed by atoms with E-state index in [2.05, 4.69) is 10.3 Å². The maximum Gasteiger partial charge on any atom is 0.224 e. The van der Waals surface area contributed by atoms with Gasteiger partial charge in [0.25, 0.3) is 0 Å². The summed E-state index contributed by atoms with van der Waals surface area (Å²) in [6.07, 6.45) is 3.59. The molecular weight excluding hydrogens is 262 g/mol. The van der Waals surface area contributed by atoms with Crippen LogP contribution in [-0.4, -0.2) is 17.4 Å². The van der Waals surface area contributed by atoms with Gasteiger partial charge in [0.2, 0.25) is 5.91 Å². The van der Waals surface area contributed by atoms with Crippen LogP contribution in [0.3, 0.4) is 0 Å². The SMILES string of the molecule is CC(CN)C(=O)NC(C)c1ccc(-c2cccnc2)cc1. The van der Waals surface area contributed by atoms with Gasteiger partial charge in [0.05, 0.1) is 6.04 Å². The summed E-state index contributed by atoms with van der Waals surface area (Å²) in [4.78, 5) is 16.0. The van der Waals surface area contributed by atoms with E-state index in [0.717, 1.165) is 16.7 Å². The number of carbonyl (C=O) groups excluding carboxylic acids is 1. The van der Waals surface area contributed by atoms with Crippen molar-refractivity contribution >= 4 is 5.91 Å². The highest BCUT2D eigenvalue weighted by Crippen LogP contribution is 2.21. The Morgan fingerprint density at radius 2 is 1.90 bits per heavy atom. The summed E-state index contributed by atoms with van der Waals surface area (Å²) in [6, 6.07) is 12.1. The fourth-order valence-corrected chi connectivity index (χ4v) is 2.04. The first kappa shape index (κ1) is 15.2. The Balaban J connectivity index is 2.07. The third-order valence-corrected chi connectivity index (χ3v) is 3.57. The van der Waals surface area contributed by atoms with Crippen molar-refractivity contribution in [2.45, 2.75) is 19.9 Å². The summed E-state index contributed by atoms with van der Waals surface area (Å²) in [7, 11) is 0. The van der Waals surface area contributed by atoms with Crippen LogP contribution in [0.15, 0.2) is 48.8 Å². The van der Waals surface area contributed by atoms with Gasteiger partial charge in [0, 0.05) is 24.9 Å². The molecule has 1 aromatic heterocycles. The summed E-state index contributed by atoms with van der Waals surface area (Å²) >= 11 is 0. The highest BCUT2D eigenvalue weighted by molar-refractivity contribution is 5.79. The molecule has 2 rings (SSSR count). The van der Waals surface area contributed by atoms with E-state index in [1.807, 2.05) is 56.4 Å². The van der Waals surface area contributed by atoms with Gasteiger partial charge in [0.15, 0.2) is 0 Å². The Bertz CT molecular complexity index is 581. The lowest BCUT2D eigenvalue weighted by Gasteiger charge is -2.17. The predicted molar refractivity (Wildman–Crippen MR) is 84.4 cm³/mol. The Hall–Kier alpha value is -2.20. The van der Waals surface area contributed by atoms with Crippen LogP contribution in [0.1, 0.15) is 25.5 Å². The molecule has 2 unspecified atom stereocenters. The van der Waals surface area contributed by atoms with Crippen LogP contribution in [-0.2, 0) is 4.79 Å². The second kappa shape index (κ2) is 6.99. The van der Waals surface area contributed by atoms with E-state index in [1.165, 1.54) is 0 Å². The third-order valence-electron chi connectivity index (χ3n) is 3.57. The summed E-state index contributed by atoms with van der Waals surface area (Å²) in [6.45, 7) is 4.16. The highest BCUT2D eigenvalue weighted by atomic mass is 16.1. The van der Waals surface area contributed by atoms with Crippen LogP contribution in [0.25, 0.3) is 11.1 Å². The lowest BCUT2D eigenvalue weighted by molar-refractivity contribution is -0.124. The van der Waals surface area contributed by atoms with Crippen LogP contribution in [0, 0.1) is 5.92 Å². The lowest BCUT2D eigenvalue weighted by atomic mass is 10.0. The zero-order chi connectivity index (χ0) is 15.2. The Morgan fingerprint density at radius 3 is 2.48 bits per heavy atom. The smallest absolute Gasteiger partial charge is 0.224 e. The number of nitrogens with one attached hydrogen (secondary N) is 1. The molecule has 0 fully saturated rings. The molecule has 21 heavy (non-hydrogen) atoms. The number of hydrogen-bond donors (Lipinski definition) is 2. The zero-order valence-electron chi connectivity index (χ0n) is 12.4. The molecule has 0 saturated heterocycles. The number of pyridine rings is 1. The molecule has 1 heterocycles. The first-order valence-corrected chi connectivity index (χ1v) is 7.12. The van der Waals surface area contributed by atoms with Crippen LogP contribution in [0.4, 0.5) is 0 Å². The molecule has 0 aliphatic carbocycles. The van der Waals surface area contributed by atoms with Gasteiger partial charge in [-0.05, 0) is 29.7 Å². The molecule has 110 valence electrons. The van der Waals surface area contributed by atoms with Gasteiger partial charge in [-0.3, -0.25) is 9.78 Å². The summed E-state index contributed by atoms with van der Waals surface area (Å²) in [5.74, 6) is -0.177. The van der Waals surface area contributed by atoms with Crippen molar-refractivity contribution in [2.75, 3.05) is 6.54 Å². The molecule has 4 nitrogen and oxygen atoms in total. The van der Waals surface area contributed by atoms with Crippen molar-refractivity contribution in [2.24, 2.45) is 11.7 Å². The average molecular weight is 283 g/mol. The van der Waals surface area contributed by atoms with Crippen LogP contribution >= 0.6 is 0 Å². The van der Waals surface area contributed by atoms with E-state index in [1.54, 1.807) is 6.20 Å². The van der Waals surface area contributed by atoms with Gasteiger partial charge in [-0.15, -0.1) is 0 Å². The minimum Gasteiger partial charge on any atom is -0.349 e. The van der Waals surface area contributed by atoms with Crippen molar-refractivity contribution in [3.63, 3.8) is 0 Å². The Labute approximate surface area is 125 Å². The van der Waals surface area contributed by atoms with Crippen LogP contribution in [0.5, 0.6) is 0 Å². The van der Waals surface area contributed by atoms with E-state index in [-0.39, 0.29) is 17.9 Å². The molecule has 0 spiro atoms. The van der Waals surface area contributed by atoms with Gasteiger partial charge >= 0.3 is 0 Å². The number of nitrogens with two attached hydrogens (primary N) is 1. The second-order valence-corrected chi connectivity index (χ2v) is 5.23. The number of amides is 1. The molecule has 2 aromatic rings. The van der Waals surface area contributed by atoms with E-state index in [9.17, 15) is 4.79 Å². The lowest BCUT2D eigenvalue weighted by Crippen LogP contribution is -2.34. The fraction of sp³-hybridized carbons (Fsp3) is 0.294. The fourth-order valence-electron chi connectivity index (χ4n) is 2.04. The minimum absolute atomic E-state index is 0.0127. The van der Waals surface area contributed by atoms with Crippen LogP contribution in [0.2, 0.25) is 0 Å². The van der Waals surface area contributed by atoms with Crippen molar-refractivity contribution < 1.29 is 4.79 Å². The van der Waals surface area contributed by atoms with Gasteiger partial charge in [-0.2, -0.15) is 0 Å². The van der Waals surface area contributed by atoms with Gasteiger partial charge < -0.3 is 11.1 Å². The molecule has 1 aromatic carbocycles. The monoisotopic (exact) mass is 283 g/mol. The number of rotatable bonds is 5. The van der Waals surface area contributed by atoms with Crippen molar-refractivity contribution in [1.82, 2.24) is 10.3 Å². The molecule has 2 atom stereocenters. The Kier molecular flexibility index (Phi) is 5.06. The molecule has 3 N–H and O–H groups in total. The van der Waals surface area contributed by atoms with E-state index < -0.39 is 0 Å². The van der Waals surface area contributed by atoms with E-state index in [0.29, 0.717) is 6.54 Å². The third kappa shape index (κ3) is 3.89. The molecular formula is C17H21N3O. The minimum atomic E-state index is -0.165. The first-order chi connectivity index (χ1) is 10.1. The van der Waals surface area contributed by atoms with Gasteiger partial charge in [0.1, 0.15) is 0 Å². The molecule has 0 saturated carbocycles. The number of carbonyl (C=O) groups is 1. The predicted octanol–water partition coefficient (Wildman–Crippen LogP) is 2.52. The molecule has 1 amide bonds. The normalized spacial score (nSPS) is 13.5. The number of aromatic nitrogens is 1. The molecule has 0 aliphatic heterocycles. The Morgan fingerprint density at radius 1 is 1.19 bits per heavy atom. The standard InChI is InChI=1S/C17H21N3O/c1-12(10-18)17(21)20-13(2)14-5-7-15(8-6-14)16-4-3-9-19-11-16/h3-9,11-13H,10,18H2,1-2H3,(H,20,21). The van der Waals surface area contributed by atoms with Crippen molar-refractivity contribution in [3.8, 4) is 11.1 Å². The summed E-state index contributed by atoms with van der Waals surface area (Å²) in [5, 5.41) is 2.97. The maximum atomic E-state index is 11.8. The van der Waals surface area contributed by atoms with Gasteiger partial charge in [-0.1, -0.05) is 37.3 Å². The average Bonchev–Trinajstić information content (AvgIpc) is 2.55. The molecule has 0 bridgehead atoms. The second-order valence-electron chi connectivity index (χ2n) is 5.23. The van der Waals surface area contributed by atoms with Crippen molar-refractivity contribution in [3.05, 3.63) is 54.4 Å². The van der Waals surface area contributed by atoms with Crippen LogP contribution < -0.4 is 11.1 Å². The summed E-state index contributed by atoms with van der Waals surface area (Å²) < 4.78 is 0. The number of nitrogens with zero attached hydrogens (tertiary/aromatic N) is 1. The number of benzene rings is 1. The van der Waals surface area contributed by atoms with E-state index in [4.69, 9.17) is 5.73 Å². The molecule has 0 radical (unpaired) electrons. The topological polar surface area (TPSA) is 68.0 Å². The molecule has 0 aliphatic rings. The first-order valence-electron chi connectivity index (χ1n) is 7.12. The zero-order valence-corrected chi connectivity index (χ0v) is 12.4. The quantitative estimate of drug-likeness (QED) is 0.886.